The molecular formula is C24H24F5N3O3. The fourth-order valence-electron chi connectivity index (χ4n) is 5.49. The Labute approximate surface area is 197 Å². The van der Waals surface area contributed by atoms with Crippen LogP contribution in [0.5, 0.6) is 5.75 Å². The van der Waals surface area contributed by atoms with Crippen molar-refractivity contribution in [3.8, 4) is 5.75 Å². The van der Waals surface area contributed by atoms with E-state index in [2.05, 4.69) is 10.3 Å². The Bertz CT molecular complexity index is 1140. The zero-order valence-corrected chi connectivity index (χ0v) is 18.8. The Morgan fingerprint density at radius 3 is 2.43 bits per heavy atom. The summed E-state index contributed by atoms with van der Waals surface area (Å²) in [5, 5.41) is 2.25. The zero-order chi connectivity index (χ0) is 24.5. The number of benzene rings is 1. The van der Waals surface area contributed by atoms with Gasteiger partial charge >= 0.3 is 6.18 Å². The van der Waals surface area contributed by atoms with Crippen LogP contribution in [0.4, 0.5) is 33.7 Å². The number of carbonyl (C=O) groups excluding carboxylic acids is 1. The van der Waals surface area contributed by atoms with E-state index in [1.165, 1.54) is 0 Å². The highest BCUT2D eigenvalue weighted by atomic mass is 19.4. The van der Waals surface area contributed by atoms with Gasteiger partial charge in [0.2, 0.25) is 0 Å². The molecule has 4 fully saturated rings. The maximum absolute atomic E-state index is 14.6. The number of rotatable bonds is 6. The molecule has 4 aliphatic rings. The second-order valence-electron chi connectivity index (χ2n) is 10.4. The van der Waals surface area contributed by atoms with E-state index in [0.717, 1.165) is 50.7 Å². The number of oxazole rings is 1. The van der Waals surface area contributed by atoms with Gasteiger partial charge < -0.3 is 19.4 Å². The third-order valence-corrected chi connectivity index (χ3v) is 7.67. The van der Waals surface area contributed by atoms with E-state index in [1.807, 2.05) is 0 Å². The standard InChI is InChI=1S/C24H24F5N3O3/c25-16-8-14(9-17(26)20(16)34-15-6-12-5-13(12)7-15)30-21(33)19-18(10-24(27,28)29)35-22(31-19)32-4-3-23(11-32)1-2-23/h8-9,12-13,15H,1-7,10-11H2,(H,30,33). The molecule has 6 nitrogen and oxygen atoms in total. The third-order valence-electron chi connectivity index (χ3n) is 7.67. The summed E-state index contributed by atoms with van der Waals surface area (Å²) in [5.74, 6) is -3.05. The SMILES string of the molecule is O=C(Nc1cc(F)c(OC2CC3CC3C2)c(F)c1)c1nc(N2CCC3(CC3)C2)oc1CC(F)(F)F. The summed E-state index contributed by atoms with van der Waals surface area (Å²) in [4.78, 5) is 18.6. The predicted octanol–water partition coefficient (Wildman–Crippen LogP) is 5.48. The monoisotopic (exact) mass is 497 g/mol. The van der Waals surface area contributed by atoms with E-state index in [0.29, 0.717) is 24.9 Å². The summed E-state index contributed by atoms with van der Waals surface area (Å²) in [6.45, 7) is 1.19. The lowest BCUT2D eigenvalue weighted by Gasteiger charge is -2.17. The molecule has 3 aliphatic carbocycles. The lowest BCUT2D eigenvalue weighted by atomic mass is 10.1. The molecule has 1 N–H and O–H groups in total. The molecule has 3 saturated carbocycles. The number of nitrogens with zero attached hydrogens (tertiary/aromatic N) is 2. The van der Waals surface area contributed by atoms with Crippen LogP contribution in [0, 0.1) is 28.9 Å². The maximum atomic E-state index is 14.6. The summed E-state index contributed by atoms with van der Waals surface area (Å²) >= 11 is 0. The fraction of sp³-hybridized carbons (Fsp3) is 0.583. The smallest absolute Gasteiger partial charge is 0.396 e. The van der Waals surface area contributed by atoms with Gasteiger partial charge in [-0.3, -0.25) is 4.79 Å². The second kappa shape index (κ2) is 7.83. The van der Waals surface area contributed by atoms with Crippen molar-refractivity contribution in [3.63, 3.8) is 0 Å². The Hall–Kier alpha value is -2.85. The highest BCUT2D eigenvalue weighted by Gasteiger charge is 2.49. The number of ether oxygens (including phenoxy) is 1. The van der Waals surface area contributed by atoms with E-state index in [-0.39, 0.29) is 23.2 Å². The molecule has 2 atom stereocenters. The molecule has 6 rings (SSSR count). The number of hydrogen-bond donors (Lipinski definition) is 1. The van der Waals surface area contributed by atoms with Crippen LogP contribution in [0.1, 0.15) is 54.8 Å². The third kappa shape index (κ3) is 4.56. The number of carbonyl (C=O) groups is 1. The largest absolute Gasteiger partial charge is 0.484 e. The molecule has 1 saturated heterocycles. The van der Waals surface area contributed by atoms with E-state index in [4.69, 9.17) is 9.15 Å². The number of hydrogen-bond acceptors (Lipinski definition) is 5. The Balaban J connectivity index is 1.20. The first kappa shape index (κ1) is 22.6. The summed E-state index contributed by atoms with van der Waals surface area (Å²) in [6, 6.07) is 1.72. The molecule has 0 radical (unpaired) electrons. The average Bonchev–Trinajstić information content (AvgIpc) is 3.50. The van der Waals surface area contributed by atoms with Gasteiger partial charge in [-0.15, -0.1) is 0 Å². The highest BCUT2D eigenvalue weighted by Crippen LogP contribution is 2.54. The summed E-state index contributed by atoms with van der Waals surface area (Å²) in [6.07, 6.45) is -0.727. The molecule has 2 unspecified atom stereocenters. The number of halogens is 5. The quantitative estimate of drug-likeness (QED) is 0.536. The maximum Gasteiger partial charge on any atom is 0.396 e. The normalized spacial score (nSPS) is 26.2. The topological polar surface area (TPSA) is 67.6 Å². The first-order valence-corrected chi connectivity index (χ1v) is 11.9. The van der Waals surface area contributed by atoms with Gasteiger partial charge in [0, 0.05) is 30.9 Å². The predicted molar refractivity (Wildman–Crippen MR) is 114 cm³/mol. The van der Waals surface area contributed by atoms with Crippen LogP contribution in [-0.4, -0.2) is 36.3 Å². The first-order chi connectivity index (χ1) is 16.6. The average molecular weight is 497 g/mol. The number of fused-ring (bicyclic) bond motifs is 1. The Kier molecular flexibility index (Phi) is 5.05. The van der Waals surface area contributed by atoms with E-state index in [9.17, 15) is 26.7 Å². The molecule has 1 amide bonds. The minimum atomic E-state index is -4.63. The molecule has 0 bridgehead atoms. The van der Waals surface area contributed by atoms with Crippen molar-refractivity contribution < 1.29 is 35.9 Å². The van der Waals surface area contributed by atoms with Gasteiger partial charge in [0.1, 0.15) is 12.2 Å². The molecule has 1 aromatic carbocycles. The summed E-state index contributed by atoms with van der Waals surface area (Å²) in [7, 11) is 0. The fourth-order valence-corrected chi connectivity index (χ4v) is 5.49. The van der Waals surface area contributed by atoms with Crippen LogP contribution in [0.2, 0.25) is 0 Å². The van der Waals surface area contributed by atoms with Crippen molar-refractivity contribution in [2.75, 3.05) is 23.3 Å². The molecule has 1 aromatic heterocycles. The van der Waals surface area contributed by atoms with Crippen LogP contribution in [0.3, 0.4) is 0 Å². The number of amides is 1. The van der Waals surface area contributed by atoms with Gasteiger partial charge in [-0.05, 0) is 55.8 Å². The molecule has 2 aromatic rings. The van der Waals surface area contributed by atoms with Crippen LogP contribution >= 0.6 is 0 Å². The van der Waals surface area contributed by atoms with Gasteiger partial charge in [-0.2, -0.15) is 18.2 Å². The molecule has 1 spiro atoms. The molecule has 11 heteroatoms. The molecule has 188 valence electrons. The minimum Gasteiger partial charge on any atom is -0.484 e. The van der Waals surface area contributed by atoms with Crippen molar-refractivity contribution in [2.45, 2.75) is 57.2 Å². The lowest BCUT2D eigenvalue weighted by molar-refractivity contribution is -0.130. The van der Waals surface area contributed by atoms with Gasteiger partial charge in [-0.1, -0.05) is 0 Å². The summed E-state index contributed by atoms with van der Waals surface area (Å²) in [5.41, 5.74) is -0.647. The van der Waals surface area contributed by atoms with Crippen LogP contribution < -0.4 is 15.0 Å². The van der Waals surface area contributed by atoms with Crippen LogP contribution in [0.25, 0.3) is 0 Å². The molecular weight excluding hydrogens is 473 g/mol. The van der Waals surface area contributed by atoms with Crippen molar-refractivity contribution in [1.82, 2.24) is 4.98 Å². The number of alkyl halides is 3. The first-order valence-electron chi connectivity index (χ1n) is 11.9. The molecule has 2 heterocycles. The van der Waals surface area contributed by atoms with Gasteiger partial charge in [-0.25, -0.2) is 8.78 Å². The number of aromatic nitrogens is 1. The van der Waals surface area contributed by atoms with Gasteiger partial charge in [0.15, 0.2) is 23.1 Å². The van der Waals surface area contributed by atoms with Crippen LogP contribution in [0.15, 0.2) is 16.5 Å². The Morgan fingerprint density at radius 1 is 1.14 bits per heavy atom. The second-order valence-corrected chi connectivity index (χ2v) is 10.4. The van der Waals surface area contributed by atoms with Crippen LogP contribution in [-0.2, 0) is 6.42 Å². The van der Waals surface area contributed by atoms with E-state index < -0.39 is 47.3 Å². The summed E-state index contributed by atoms with van der Waals surface area (Å²) < 4.78 is 79.5. The molecule has 1 aliphatic heterocycles. The molecule has 35 heavy (non-hydrogen) atoms. The lowest BCUT2D eigenvalue weighted by Crippen LogP contribution is -2.21. The van der Waals surface area contributed by atoms with Gasteiger partial charge in [0.05, 0.1) is 6.10 Å². The van der Waals surface area contributed by atoms with Gasteiger partial charge in [0.25, 0.3) is 11.9 Å². The van der Waals surface area contributed by atoms with Crippen molar-refractivity contribution in [1.29, 1.82) is 0 Å². The zero-order valence-electron chi connectivity index (χ0n) is 18.8. The van der Waals surface area contributed by atoms with E-state index >= 15 is 0 Å². The van der Waals surface area contributed by atoms with Crippen molar-refractivity contribution in [2.24, 2.45) is 17.3 Å². The van der Waals surface area contributed by atoms with Crippen molar-refractivity contribution >= 4 is 17.6 Å². The van der Waals surface area contributed by atoms with Crippen molar-refractivity contribution in [3.05, 3.63) is 35.2 Å². The van der Waals surface area contributed by atoms with E-state index in [1.54, 1.807) is 4.90 Å². The Morgan fingerprint density at radius 2 is 1.83 bits per heavy atom. The number of nitrogens with one attached hydrogen (secondary N) is 1. The number of anilines is 2. The minimum absolute atomic E-state index is 0.0473. The highest BCUT2D eigenvalue weighted by molar-refractivity contribution is 6.03.